The summed E-state index contributed by atoms with van der Waals surface area (Å²) in [4.78, 5) is 0. The third-order valence-corrected chi connectivity index (χ3v) is 4.55. The topological polar surface area (TPSA) is 20.2 Å². The molecule has 0 aromatic heterocycles. The molecule has 74 valence electrons. The van der Waals surface area contributed by atoms with E-state index in [4.69, 9.17) is 0 Å². The molecule has 1 N–H and O–H groups in total. The molecule has 0 amide bonds. The molecule has 12 heavy (non-hydrogen) atoms. The minimum Gasteiger partial charge on any atom is -0.396 e. The molecule has 0 bridgehead atoms. The van der Waals surface area contributed by atoms with Gasteiger partial charge in [0.1, 0.15) is 0 Å². The van der Waals surface area contributed by atoms with Gasteiger partial charge in [-0.15, -0.1) is 0 Å². The van der Waals surface area contributed by atoms with Gasteiger partial charge in [-0.1, -0.05) is 33.5 Å². The molecule has 0 saturated carbocycles. The molecular weight excluding hydrogens is 164 g/mol. The van der Waals surface area contributed by atoms with E-state index in [-0.39, 0.29) is 5.41 Å². The SMILES string of the molecule is CCC(CC)(CO)C[Si](C)(C)C. The average Bonchev–Trinajstić information content (AvgIpc) is 1.99. The summed E-state index contributed by atoms with van der Waals surface area (Å²) < 4.78 is 0. The maximum absolute atomic E-state index is 9.36. The Morgan fingerprint density at radius 2 is 1.50 bits per heavy atom. The highest BCUT2D eigenvalue weighted by molar-refractivity contribution is 6.76. The van der Waals surface area contributed by atoms with Crippen LogP contribution in [0.4, 0.5) is 0 Å². The fourth-order valence-electron chi connectivity index (χ4n) is 1.90. The minimum atomic E-state index is -1.02. The van der Waals surface area contributed by atoms with E-state index in [9.17, 15) is 5.11 Å². The van der Waals surface area contributed by atoms with Gasteiger partial charge in [-0.25, -0.2) is 0 Å². The van der Waals surface area contributed by atoms with E-state index in [2.05, 4.69) is 33.5 Å². The van der Waals surface area contributed by atoms with E-state index in [0.29, 0.717) is 6.61 Å². The van der Waals surface area contributed by atoms with Crippen LogP contribution in [0, 0.1) is 5.41 Å². The summed E-state index contributed by atoms with van der Waals surface area (Å²) in [5.41, 5.74) is 0.227. The predicted molar refractivity (Wildman–Crippen MR) is 58.3 cm³/mol. The van der Waals surface area contributed by atoms with Crippen LogP contribution in [0.2, 0.25) is 25.7 Å². The molecule has 0 aliphatic heterocycles. The lowest BCUT2D eigenvalue weighted by Crippen LogP contribution is -2.34. The lowest BCUT2D eigenvalue weighted by Gasteiger charge is -2.35. The number of aliphatic hydroxyl groups is 1. The lowest BCUT2D eigenvalue weighted by molar-refractivity contribution is 0.132. The van der Waals surface area contributed by atoms with Gasteiger partial charge in [-0.05, 0) is 24.3 Å². The van der Waals surface area contributed by atoms with Gasteiger partial charge in [-0.3, -0.25) is 0 Å². The summed E-state index contributed by atoms with van der Waals surface area (Å²) in [6.45, 7) is 11.9. The van der Waals surface area contributed by atoms with Crippen molar-refractivity contribution in [3.05, 3.63) is 0 Å². The van der Waals surface area contributed by atoms with E-state index in [0.717, 1.165) is 12.8 Å². The summed E-state index contributed by atoms with van der Waals surface area (Å²) in [6.07, 6.45) is 2.23. The fraction of sp³-hybridized carbons (Fsp3) is 1.00. The standard InChI is InChI=1S/C10H24OSi/c1-6-10(7-2,8-11)9-12(3,4)5/h11H,6-9H2,1-5H3. The molecule has 0 aliphatic rings. The Morgan fingerprint density at radius 1 is 1.08 bits per heavy atom. The molecule has 0 spiro atoms. The van der Waals surface area contributed by atoms with Crippen LogP contribution in [0.15, 0.2) is 0 Å². The molecule has 0 saturated heterocycles. The van der Waals surface area contributed by atoms with Crippen LogP contribution in [-0.4, -0.2) is 19.8 Å². The molecule has 0 unspecified atom stereocenters. The highest BCUT2D eigenvalue weighted by atomic mass is 28.3. The summed E-state index contributed by atoms with van der Waals surface area (Å²) in [5.74, 6) is 0. The zero-order valence-electron chi connectivity index (χ0n) is 9.28. The van der Waals surface area contributed by atoms with Gasteiger partial charge in [-0.2, -0.15) is 0 Å². The van der Waals surface area contributed by atoms with E-state index in [1.165, 1.54) is 6.04 Å². The first-order valence-electron chi connectivity index (χ1n) is 5.00. The molecule has 1 nitrogen and oxygen atoms in total. The molecule has 0 radical (unpaired) electrons. The zero-order valence-corrected chi connectivity index (χ0v) is 10.3. The number of hydrogen-bond donors (Lipinski definition) is 1. The van der Waals surface area contributed by atoms with E-state index < -0.39 is 8.07 Å². The molecule has 0 rings (SSSR count). The van der Waals surface area contributed by atoms with Crippen LogP contribution in [0.5, 0.6) is 0 Å². The molecule has 0 atom stereocenters. The highest BCUT2D eigenvalue weighted by Crippen LogP contribution is 2.35. The van der Waals surface area contributed by atoms with Crippen molar-refractivity contribution in [2.24, 2.45) is 5.41 Å². The molecule has 0 fully saturated rings. The van der Waals surface area contributed by atoms with E-state index >= 15 is 0 Å². The monoisotopic (exact) mass is 188 g/mol. The van der Waals surface area contributed by atoms with Crippen molar-refractivity contribution >= 4 is 8.07 Å². The van der Waals surface area contributed by atoms with Gasteiger partial charge in [0.2, 0.25) is 0 Å². The molecule has 0 aliphatic carbocycles. The van der Waals surface area contributed by atoms with Crippen molar-refractivity contribution in [1.82, 2.24) is 0 Å². The number of hydrogen-bond acceptors (Lipinski definition) is 1. The Balaban J connectivity index is 4.30. The van der Waals surface area contributed by atoms with Gasteiger partial charge in [0, 0.05) is 14.7 Å². The van der Waals surface area contributed by atoms with Crippen LogP contribution < -0.4 is 0 Å². The molecule has 0 aromatic carbocycles. The maximum Gasteiger partial charge on any atom is 0.0484 e. The van der Waals surface area contributed by atoms with Crippen molar-refractivity contribution in [1.29, 1.82) is 0 Å². The molecular formula is C10H24OSi. The summed E-state index contributed by atoms with van der Waals surface area (Å²) in [6, 6.07) is 1.25. The van der Waals surface area contributed by atoms with Gasteiger partial charge in [0.25, 0.3) is 0 Å². The Hall–Kier alpha value is 0.177. The average molecular weight is 188 g/mol. The van der Waals surface area contributed by atoms with Crippen LogP contribution in [0.25, 0.3) is 0 Å². The normalized spacial score (nSPS) is 13.5. The van der Waals surface area contributed by atoms with Gasteiger partial charge >= 0.3 is 0 Å². The van der Waals surface area contributed by atoms with Crippen molar-refractivity contribution < 1.29 is 5.11 Å². The zero-order chi connectivity index (χ0) is 9.83. The maximum atomic E-state index is 9.36. The second-order valence-electron chi connectivity index (χ2n) is 5.10. The first kappa shape index (κ1) is 12.2. The largest absolute Gasteiger partial charge is 0.396 e. The Bertz CT molecular complexity index is 114. The van der Waals surface area contributed by atoms with Gasteiger partial charge in [0.15, 0.2) is 0 Å². The van der Waals surface area contributed by atoms with Crippen LogP contribution in [0.1, 0.15) is 26.7 Å². The smallest absolute Gasteiger partial charge is 0.0484 e. The quantitative estimate of drug-likeness (QED) is 0.657. The van der Waals surface area contributed by atoms with Crippen molar-refractivity contribution in [2.75, 3.05) is 6.61 Å². The summed E-state index contributed by atoms with van der Waals surface area (Å²) >= 11 is 0. The molecule has 2 heteroatoms. The summed E-state index contributed by atoms with van der Waals surface area (Å²) in [5, 5.41) is 9.36. The first-order chi connectivity index (χ1) is 5.39. The second-order valence-corrected chi connectivity index (χ2v) is 10.6. The van der Waals surface area contributed by atoms with E-state index in [1.54, 1.807) is 0 Å². The predicted octanol–water partition coefficient (Wildman–Crippen LogP) is 3.12. The van der Waals surface area contributed by atoms with E-state index in [1.807, 2.05) is 0 Å². The Kier molecular flexibility index (Phi) is 4.49. The van der Waals surface area contributed by atoms with Crippen LogP contribution in [0.3, 0.4) is 0 Å². The van der Waals surface area contributed by atoms with Gasteiger partial charge < -0.3 is 5.11 Å². The Morgan fingerprint density at radius 3 is 1.58 bits per heavy atom. The molecule has 0 heterocycles. The third kappa shape index (κ3) is 3.72. The lowest BCUT2D eigenvalue weighted by atomic mass is 9.85. The second kappa shape index (κ2) is 4.42. The summed E-state index contributed by atoms with van der Waals surface area (Å²) in [7, 11) is -1.02. The van der Waals surface area contributed by atoms with Crippen LogP contribution >= 0.6 is 0 Å². The third-order valence-electron chi connectivity index (χ3n) is 2.74. The highest BCUT2D eigenvalue weighted by Gasteiger charge is 2.31. The molecule has 0 aromatic rings. The fourth-order valence-corrected chi connectivity index (χ4v) is 4.77. The Labute approximate surface area is 78.2 Å². The van der Waals surface area contributed by atoms with Gasteiger partial charge in [0.05, 0.1) is 0 Å². The van der Waals surface area contributed by atoms with Crippen molar-refractivity contribution in [3.8, 4) is 0 Å². The number of aliphatic hydroxyl groups excluding tert-OH is 1. The van der Waals surface area contributed by atoms with Crippen molar-refractivity contribution in [3.63, 3.8) is 0 Å². The van der Waals surface area contributed by atoms with Crippen molar-refractivity contribution in [2.45, 2.75) is 52.4 Å². The first-order valence-corrected chi connectivity index (χ1v) is 8.71. The van der Waals surface area contributed by atoms with Crippen LogP contribution in [-0.2, 0) is 0 Å². The minimum absolute atomic E-state index is 0.227. The number of rotatable bonds is 5.